The minimum absolute atomic E-state index is 0.105. The van der Waals surface area contributed by atoms with Crippen LogP contribution in [0.25, 0.3) is 6.08 Å². The number of ether oxygens (including phenoxy) is 2. The Kier molecular flexibility index (Phi) is 7.17. The van der Waals surface area contributed by atoms with Crippen molar-refractivity contribution in [1.82, 2.24) is 0 Å². The number of methoxy groups -OCH3 is 2. The number of hydrogen-bond acceptors (Lipinski definition) is 5. The van der Waals surface area contributed by atoms with E-state index in [9.17, 15) is 18.0 Å². The van der Waals surface area contributed by atoms with Gasteiger partial charge in [-0.05, 0) is 35.9 Å². The number of alkyl halides is 3. The Labute approximate surface area is 186 Å². The first-order valence-electron chi connectivity index (χ1n) is 9.04. The van der Waals surface area contributed by atoms with Gasteiger partial charge in [0.25, 0.3) is 5.91 Å². The summed E-state index contributed by atoms with van der Waals surface area (Å²) in [5.74, 6) is 0.253. The Balaban J connectivity index is 1.94. The molecule has 0 saturated carbocycles. The average molecular weight is 471 g/mol. The zero-order valence-corrected chi connectivity index (χ0v) is 18.1. The van der Waals surface area contributed by atoms with Gasteiger partial charge in [-0.1, -0.05) is 35.5 Å². The molecule has 0 radical (unpaired) electrons. The summed E-state index contributed by atoms with van der Waals surface area (Å²) in [4.78, 5) is 18.7. The van der Waals surface area contributed by atoms with E-state index in [2.05, 4.69) is 4.99 Å². The molecule has 5 nitrogen and oxygen atoms in total. The number of carbonyl (C=O) groups excluding carboxylic acids is 1. The third kappa shape index (κ3) is 5.74. The van der Waals surface area contributed by atoms with E-state index in [4.69, 9.17) is 21.1 Å². The first-order chi connectivity index (χ1) is 14.7. The van der Waals surface area contributed by atoms with Gasteiger partial charge in [-0.3, -0.25) is 9.69 Å². The van der Waals surface area contributed by atoms with Crippen LogP contribution >= 0.6 is 23.4 Å². The highest BCUT2D eigenvalue weighted by Gasteiger charge is 2.34. The lowest BCUT2D eigenvalue weighted by atomic mass is 10.2. The Morgan fingerprint density at radius 3 is 2.45 bits per heavy atom. The van der Waals surface area contributed by atoms with Gasteiger partial charge in [0.1, 0.15) is 17.2 Å². The first-order valence-corrected chi connectivity index (χ1v) is 10.4. The lowest BCUT2D eigenvalue weighted by Gasteiger charge is -2.19. The molecule has 31 heavy (non-hydrogen) atoms. The van der Waals surface area contributed by atoms with Gasteiger partial charge in [0.2, 0.25) is 0 Å². The molecule has 0 bridgehead atoms. The Hall–Kier alpha value is -2.65. The number of benzene rings is 2. The van der Waals surface area contributed by atoms with Crippen LogP contribution in [0.3, 0.4) is 0 Å². The maximum absolute atomic E-state index is 13.1. The minimum Gasteiger partial charge on any atom is -0.497 e. The number of hydrogen-bond donors (Lipinski definition) is 0. The van der Waals surface area contributed by atoms with E-state index >= 15 is 0 Å². The summed E-state index contributed by atoms with van der Waals surface area (Å²) in [5.41, 5.74) is 1.19. The number of thioether (sulfide) groups is 1. The van der Waals surface area contributed by atoms with Gasteiger partial charge in [0.05, 0.1) is 31.4 Å². The van der Waals surface area contributed by atoms with Gasteiger partial charge in [-0.2, -0.15) is 13.2 Å². The van der Waals surface area contributed by atoms with Crippen molar-refractivity contribution in [2.45, 2.75) is 12.6 Å². The molecule has 0 fully saturated rings. The summed E-state index contributed by atoms with van der Waals surface area (Å²) in [7, 11) is 2.97. The molecular formula is C21H18ClF3N2O3S. The number of halogens is 4. The van der Waals surface area contributed by atoms with Crippen molar-refractivity contribution in [2.75, 3.05) is 24.9 Å². The summed E-state index contributed by atoms with van der Waals surface area (Å²) >= 11 is 6.92. The number of rotatable bonds is 6. The second kappa shape index (κ2) is 9.65. The summed E-state index contributed by atoms with van der Waals surface area (Å²) in [6.45, 7) is 0. The summed E-state index contributed by atoms with van der Waals surface area (Å²) < 4.78 is 48.1. The van der Waals surface area contributed by atoms with Gasteiger partial charge in [0, 0.05) is 11.8 Å². The first kappa shape index (κ1) is 23.0. The van der Waals surface area contributed by atoms with Gasteiger partial charge in [-0.15, -0.1) is 0 Å². The second-order valence-electron chi connectivity index (χ2n) is 6.37. The largest absolute Gasteiger partial charge is 0.497 e. The van der Waals surface area contributed by atoms with Gasteiger partial charge < -0.3 is 9.47 Å². The fourth-order valence-electron chi connectivity index (χ4n) is 2.72. The number of aliphatic imine (C=N–C) groups is 1. The third-order valence-corrected chi connectivity index (χ3v) is 5.51. The highest BCUT2D eigenvalue weighted by atomic mass is 35.5. The molecule has 2 aromatic carbocycles. The zero-order chi connectivity index (χ0) is 22.6. The lowest BCUT2D eigenvalue weighted by Crippen LogP contribution is -2.30. The van der Waals surface area contributed by atoms with Crippen LogP contribution in [0.2, 0.25) is 5.02 Å². The van der Waals surface area contributed by atoms with Crippen LogP contribution in [0.5, 0.6) is 11.5 Å². The summed E-state index contributed by atoms with van der Waals surface area (Å²) in [6, 6.07) is 11.6. The van der Waals surface area contributed by atoms with Crippen molar-refractivity contribution in [3.8, 4) is 11.5 Å². The molecule has 164 valence electrons. The molecule has 0 saturated heterocycles. The third-order valence-electron chi connectivity index (χ3n) is 4.26. The van der Waals surface area contributed by atoms with Crippen molar-refractivity contribution < 1.29 is 27.4 Å². The molecule has 2 aromatic rings. The van der Waals surface area contributed by atoms with Crippen LogP contribution in [-0.2, 0) is 4.79 Å². The number of amidine groups is 1. The molecule has 1 aliphatic rings. The van der Waals surface area contributed by atoms with Crippen molar-refractivity contribution >= 4 is 46.2 Å². The quantitative estimate of drug-likeness (QED) is 0.502. The molecule has 0 N–H and O–H groups in total. The van der Waals surface area contributed by atoms with Crippen molar-refractivity contribution in [1.29, 1.82) is 0 Å². The molecule has 10 heteroatoms. The molecule has 0 aromatic heterocycles. The van der Waals surface area contributed by atoms with E-state index < -0.39 is 18.5 Å². The highest BCUT2D eigenvalue weighted by Crippen LogP contribution is 2.35. The van der Waals surface area contributed by atoms with Gasteiger partial charge in [-0.25, -0.2) is 4.99 Å². The van der Waals surface area contributed by atoms with Crippen LogP contribution in [-0.4, -0.2) is 37.2 Å². The summed E-state index contributed by atoms with van der Waals surface area (Å²) in [5, 5.41) is 0.494. The zero-order valence-electron chi connectivity index (χ0n) is 16.6. The molecule has 0 atom stereocenters. The number of anilines is 1. The van der Waals surface area contributed by atoms with E-state index in [0.29, 0.717) is 27.8 Å². The maximum atomic E-state index is 13.1. The van der Waals surface area contributed by atoms with Crippen molar-refractivity contribution in [3.63, 3.8) is 0 Å². The molecule has 1 heterocycles. The molecule has 0 aliphatic carbocycles. The standard InChI is InChI=1S/C21H18ClF3N2O3S/c1-29-15-6-3-13(4-7-15)11-17-19(28)27(14-5-8-16(22)18(12-14)30-2)20(26-17)31-10-9-21(23,24)25/h3-8,11-12H,9-10H2,1-2H3/b17-11-. The second-order valence-corrected chi connectivity index (χ2v) is 7.84. The molecule has 3 rings (SSSR count). The average Bonchev–Trinajstić information content (AvgIpc) is 3.03. The monoisotopic (exact) mass is 470 g/mol. The number of amides is 1. The smallest absolute Gasteiger partial charge is 0.389 e. The Morgan fingerprint density at radius 1 is 1.13 bits per heavy atom. The number of nitrogens with zero attached hydrogens (tertiary/aromatic N) is 2. The summed E-state index contributed by atoms with van der Waals surface area (Å²) in [6.07, 6.45) is -3.73. The SMILES string of the molecule is COc1ccc(/C=C2\N=C(SCCC(F)(F)F)N(c3ccc(Cl)c(OC)c3)C2=O)cc1. The number of carbonyl (C=O) groups is 1. The van der Waals surface area contributed by atoms with Crippen LogP contribution in [0.1, 0.15) is 12.0 Å². The molecule has 0 spiro atoms. The lowest BCUT2D eigenvalue weighted by molar-refractivity contribution is -0.129. The van der Waals surface area contributed by atoms with Crippen molar-refractivity contribution in [2.24, 2.45) is 4.99 Å². The fraction of sp³-hybridized carbons (Fsp3) is 0.238. The Morgan fingerprint density at radius 2 is 1.84 bits per heavy atom. The highest BCUT2D eigenvalue weighted by molar-refractivity contribution is 8.14. The predicted octanol–water partition coefficient (Wildman–Crippen LogP) is 5.79. The van der Waals surface area contributed by atoms with E-state index in [1.54, 1.807) is 49.6 Å². The maximum Gasteiger partial charge on any atom is 0.389 e. The molecular weight excluding hydrogens is 453 g/mol. The van der Waals surface area contributed by atoms with E-state index in [1.165, 1.54) is 18.1 Å². The van der Waals surface area contributed by atoms with Crippen LogP contribution < -0.4 is 14.4 Å². The minimum atomic E-state index is -4.30. The van der Waals surface area contributed by atoms with Crippen molar-refractivity contribution in [3.05, 3.63) is 58.7 Å². The molecule has 0 unspecified atom stereocenters. The van der Waals surface area contributed by atoms with E-state index in [-0.39, 0.29) is 16.6 Å². The van der Waals surface area contributed by atoms with E-state index in [0.717, 1.165) is 11.8 Å². The molecule has 1 aliphatic heterocycles. The van der Waals surface area contributed by atoms with Gasteiger partial charge >= 0.3 is 6.18 Å². The van der Waals surface area contributed by atoms with Crippen LogP contribution in [0.4, 0.5) is 18.9 Å². The Bertz CT molecular complexity index is 1020. The fourth-order valence-corrected chi connectivity index (χ4v) is 3.92. The van der Waals surface area contributed by atoms with Crippen LogP contribution in [0, 0.1) is 0 Å². The normalized spacial score (nSPS) is 15.4. The predicted molar refractivity (Wildman–Crippen MR) is 117 cm³/mol. The van der Waals surface area contributed by atoms with Crippen LogP contribution in [0.15, 0.2) is 53.2 Å². The topological polar surface area (TPSA) is 51.1 Å². The molecule has 1 amide bonds. The van der Waals surface area contributed by atoms with E-state index in [1.807, 2.05) is 0 Å². The van der Waals surface area contributed by atoms with Gasteiger partial charge in [0.15, 0.2) is 5.17 Å².